The number of unbranched alkanes of at least 4 members (excludes halogenated alkanes) is 57. The third-order valence-corrected chi connectivity index (χ3v) is 17.2. The first kappa shape index (κ1) is 75.9. The molecular formula is C71H141NO5. The molecule has 0 bridgehead atoms. The lowest BCUT2D eigenvalue weighted by atomic mass is 10.0. The molecule has 0 aliphatic heterocycles. The molecule has 0 fully saturated rings. The van der Waals surface area contributed by atoms with E-state index in [0.29, 0.717) is 25.9 Å². The Morgan fingerprint density at radius 3 is 0.792 bits per heavy atom. The van der Waals surface area contributed by atoms with Crippen LogP contribution in [0.1, 0.15) is 418 Å². The number of hydrogen-bond donors (Lipinski definition) is 3. The number of aliphatic hydroxyl groups excluding tert-OH is 2. The fourth-order valence-corrected chi connectivity index (χ4v) is 11.7. The van der Waals surface area contributed by atoms with Gasteiger partial charge in [-0.15, -0.1) is 0 Å². The number of rotatable bonds is 68. The standard InChI is InChI=1S/C71H141NO5/c1-3-5-7-9-11-13-15-17-19-21-31-35-39-43-47-51-55-59-63-69(74)68(67-73)72-70(75)64-60-56-52-48-44-40-36-32-29-27-25-23-24-26-28-30-34-38-42-46-50-54-58-62-66-77-71(76)65-61-57-53-49-45-41-37-33-22-20-18-16-14-12-10-8-6-4-2/h68-69,73-74H,3-67H2,1-2H3,(H,72,75). The van der Waals surface area contributed by atoms with Crippen molar-refractivity contribution in [3.05, 3.63) is 0 Å². The van der Waals surface area contributed by atoms with Crippen LogP contribution < -0.4 is 5.32 Å². The maximum atomic E-state index is 12.5. The number of hydrogen-bond acceptors (Lipinski definition) is 5. The lowest BCUT2D eigenvalue weighted by Crippen LogP contribution is -2.45. The van der Waals surface area contributed by atoms with Crippen molar-refractivity contribution in [2.24, 2.45) is 0 Å². The fraction of sp³-hybridized carbons (Fsp3) is 0.972. The molecule has 0 radical (unpaired) electrons. The number of nitrogens with one attached hydrogen (secondary N) is 1. The molecular weight excluding hydrogens is 947 g/mol. The van der Waals surface area contributed by atoms with E-state index in [2.05, 4.69) is 19.2 Å². The van der Waals surface area contributed by atoms with Gasteiger partial charge in [-0.25, -0.2) is 0 Å². The Hall–Kier alpha value is -1.14. The molecule has 0 saturated carbocycles. The molecule has 6 nitrogen and oxygen atoms in total. The van der Waals surface area contributed by atoms with Crippen LogP contribution in [0.2, 0.25) is 0 Å². The fourth-order valence-electron chi connectivity index (χ4n) is 11.7. The van der Waals surface area contributed by atoms with E-state index in [1.807, 2.05) is 0 Å². The second kappa shape index (κ2) is 67.4. The molecule has 0 saturated heterocycles. The van der Waals surface area contributed by atoms with E-state index in [1.165, 1.54) is 347 Å². The summed E-state index contributed by atoms with van der Waals surface area (Å²) in [7, 11) is 0. The van der Waals surface area contributed by atoms with Crippen molar-refractivity contribution in [1.82, 2.24) is 5.32 Å². The first-order chi connectivity index (χ1) is 38.0. The Balaban J connectivity index is 3.34. The Kier molecular flexibility index (Phi) is 66.4. The summed E-state index contributed by atoms with van der Waals surface area (Å²) in [5.41, 5.74) is 0. The number of carbonyl (C=O) groups excluding carboxylic acids is 2. The zero-order chi connectivity index (χ0) is 55.7. The summed E-state index contributed by atoms with van der Waals surface area (Å²) in [4.78, 5) is 24.6. The molecule has 0 rings (SSSR count). The molecule has 0 aliphatic rings. The topological polar surface area (TPSA) is 95.9 Å². The van der Waals surface area contributed by atoms with Crippen LogP contribution >= 0.6 is 0 Å². The van der Waals surface area contributed by atoms with Gasteiger partial charge in [-0.1, -0.05) is 380 Å². The maximum Gasteiger partial charge on any atom is 0.305 e. The molecule has 0 spiro atoms. The van der Waals surface area contributed by atoms with Crippen molar-refractivity contribution in [3.63, 3.8) is 0 Å². The monoisotopic (exact) mass is 1090 g/mol. The van der Waals surface area contributed by atoms with Crippen LogP contribution in [0.15, 0.2) is 0 Å². The summed E-state index contributed by atoms with van der Waals surface area (Å²) in [6, 6.07) is -0.540. The Morgan fingerprint density at radius 1 is 0.312 bits per heavy atom. The smallest absolute Gasteiger partial charge is 0.305 e. The van der Waals surface area contributed by atoms with Gasteiger partial charge in [-0.3, -0.25) is 9.59 Å². The minimum Gasteiger partial charge on any atom is -0.466 e. The molecule has 77 heavy (non-hydrogen) atoms. The highest BCUT2D eigenvalue weighted by molar-refractivity contribution is 5.76. The Morgan fingerprint density at radius 2 is 0.532 bits per heavy atom. The van der Waals surface area contributed by atoms with Gasteiger partial charge in [0, 0.05) is 12.8 Å². The molecule has 3 N–H and O–H groups in total. The molecule has 0 aromatic rings. The summed E-state index contributed by atoms with van der Waals surface area (Å²) in [6.07, 6.45) is 81.5. The molecule has 0 aliphatic carbocycles. The van der Waals surface area contributed by atoms with Crippen molar-refractivity contribution in [2.75, 3.05) is 13.2 Å². The first-order valence-corrected chi connectivity index (χ1v) is 35.8. The number of esters is 1. The van der Waals surface area contributed by atoms with Crippen LogP contribution in [0.3, 0.4) is 0 Å². The Labute approximate surface area is 483 Å². The molecule has 460 valence electrons. The summed E-state index contributed by atoms with van der Waals surface area (Å²) >= 11 is 0. The van der Waals surface area contributed by atoms with Gasteiger partial charge in [0.15, 0.2) is 0 Å². The number of carbonyl (C=O) groups is 2. The summed E-state index contributed by atoms with van der Waals surface area (Å²) in [6.45, 7) is 5.01. The highest BCUT2D eigenvalue weighted by atomic mass is 16.5. The van der Waals surface area contributed by atoms with Crippen molar-refractivity contribution in [2.45, 2.75) is 431 Å². The second-order valence-electron chi connectivity index (χ2n) is 24.9. The maximum absolute atomic E-state index is 12.5. The van der Waals surface area contributed by atoms with Crippen LogP contribution in [0.4, 0.5) is 0 Å². The lowest BCUT2D eigenvalue weighted by Gasteiger charge is -2.22. The van der Waals surface area contributed by atoms with Crippen LogP contribution in [0.5, 0.6) is 0 Å². The Bertz CT molecular complexity index is 1120. The zero-order valence-corrected chi connectivity index (χ0v) is 52.7. The van der Waals surface area contributed by atoms with Crippen LogP contribution in [0, 0.1) is 0 Å². The van der Waals surface area contributed by atoms with E-state index >= 15 is 0 Å². The van der Waals surface area contributed by atoms with Crippen LogP contribution in [-0.4, -0.2) is 47.4 Å². The molecule has 6 heteroatoms. The summed E-state index contributed by atoms with van der Waals surface area (Å²) < 4.78 is 5.51. The number of amides is 1. The van der Waals surface area contributed by atoms with Crippen molar-refractivity contribution < 1.29 is 24.5 Å². The molecule has 0 aromatic carbocycles. The molecule has 0 aromatic heterocycles. The van der Waals surface area contributed by atoms with Crippen LogP contribution in [-0.2, 0) is 14.3 Å². The van der Waals surface area contributed by atoms with Gasteiger partial charge in [-0.2, -0.15) is 0 Å². The predicted octanol–water partition coefficient (Wildman–Crippen LogP) is 23.0. The van der Waals surface area contributed by atoms with Gasteiger partial charge in [-0.05, 0) is 25.7 Å². The van der Waals surface area contributed by atoms with Crippen LogP contribution in [0.25, 0.3) is 0 Å². The summed E-state index contributed by atoms with van der Waals surface area (Å²) in [5, 5.41) is 23.4. The molecule has 0 heterocycles. The highest BCUT2D eigenvalue weighted by Crippen LogP contribution is 2.20. The average Bonchev–Trinajstić information content (AvgIpc) is 3.43. The minimum atomic E-state index is -0.663. The van der Waals surface area contributed by atoms with Crippen molar-refractivity contribution in [3.8, 4) is 0 Å². The molecule has 1 amide bonds. The third-order valence-electron chi connectivity index (χ3n) is 17.2. The minimum absolute atomic E-state index is 0.0214. The van der Waals surface area contributed by atoms with Gasteiger partial charge >= 0.3 is 5.97 Å². The largest absolute Gasteiger partial charge is 0.466 e. The van der Waals surface area contributed by atoms with E-state index in [9.17, 15) is 19.8 Å². The average molecular weight is 1090 g/mol. The van der Waals surface area contributed by atoms with Crippen molar-refractivity contribution >= 4 is 11.9 Å². The van der Waals surface area contributed by atoms with E-state index in [-0.39, 0.29) is 18.5 Å². The third kappa shape index (κ3) is 63.9. The van der Waals surface area contributed by atoms with Gasteiger partial charge in [0.05, 0.1) is 25.4 Å². The number of aliphatic hydroxyl groups is 2. The van der Waals surface area contributed by atoms with E-state index in [1.54, 1.807) is 0 Å². The molecule has 2 unspecified atom stereocenters. The first-order valence-electron chi connectivity index (χ1n) is 35.8. The van der Waals surface area contributed by atoms with Gasteiger partial charge < -0.3 is 20.3 Å². The second-order valence-corrected chi connectivity index (χ2v) is 24.9. The lowest BCUT2D eigenvalue weighted by molar-refractivity contribution is -0.143. The van der Waals surface area contributed by atoms with E-state index in [4.69, 9.17) is 4.74 Å². The van der Waals surface area contributed by atoms with Gasteiger partial charge in [0.1, 0.15) is 0 Å². The van der Waals surface area contributed by atoms with Crippen molar-refractivity contribution in [1.29, 1.82) is 0 Å². The molecule has 2 atom stereocenters. The van der Waals surface area contributed by atoms with E-state index < -0.39 is 12.1 Å². The normalized spacial score (nSPS) is 12.4. The quantitative estimate of drug-likeness (QED) is 0.0417. The van der Waals surface area contributed by atoms with E-state index in [0.717, 1.165) is 38.5 Å². The van der Waals surface area contributed by atoms with Gasteiger partial charge in [0.2, 0.25) is 5.91 Å². The zero-order valence-electron chi connectivity index (χ0n) is 52.7. The predicted molar refractivity (Wildman–Crippen MR) is 338 cm³/mol. The van der Waals surface area contributed by atoms with Gasteiger partial charge in [0.25, 0.3) is 0 Å². The SMILES string of the molecule is CCCCCCCCCCCCCCCCCCCCC(=O)OCCCCCCCCCCCCCCCCCCCCCCCCCCC(=O)NC(CO)C(O)CCCCCCCCCCCCCCCCCCCC. The number of ether oxygens (including phenoxy) is 1. The highest BCUT2D eigenvalue weighted by Gasteiger charge is 2.20. The summed E-state index contributed by atoms with van der Waals surface area (Å²) in [5.74, 6) is -0.00755.